The molecule has 0 unspecified atom stereocenters. The predicted molar refractivity (Wildman–Crippen MR) is 59.4 cm³/mol. The lowest BCUT2D eigenvalue weighted by Gasteiger charge is -2.08. The molecule has 0 aliphatic rings. The van der Waals surface area contributed by atoms with Crippen molar-refractivity contribution >= 4 is 27.3 Å². The first-order valence-corrected chi connectivity index (χ1v) is 6.31. The highest BCUT2D eigenvalue weighted by molar-refractivity contribution is 7.92. The van der Waals surface area contributed by atoms with Crippen LogP contribution < -0.4 is 4.72 Å². The van der Waals surface area contributed by atoms with Crippen LogP contribution in [-0.4, -0.2) is 14.7 Å². The van der Waals surface area contributed by atoms with Crippen LogP contribution in [0.1, 0.15) is 11.1 Å². The normalized spacial score (nSPS) is 11.4. The lowest BCUT2D eigenvalue weighted by atomic mass is 10.1. The molecule has 0 radical (unpaired) electrons. The van der Waals surface area contributed by atoms with E-state index in [1.807, 2.05) is 13.8 Å². The van der Waals surface area contributed by atoms with Gasteiger partial charge in [0.1, 0.15) is 0 Å². The number of nitrogens with one attached hydrogen (secondary N) is 1. The average Bonchev–Trinajstić information content (AvgIpc) is 1.96. The zero-order valence-electron chi connectivity index (χ0n) is 8.26. The molecule has 0 aromatic heterocycles. The Labute approximate surface area is 89.1 Å². The van der Waals surface area contributed by atoms with Crippen LogP contribution in [-0.2, 0) is 10.0 Å². The standard InChI is InChI=1S/C9H12ClNO2S/c1-6-4-8(11-14(3,12)13)5-9(10)7(6)2/h4-5,11H,1-3H3. The van der Waals surface area contributed by atoms with Crippen molar-refractivity contribution < 1.29 is 8.42 Å². The van der Waals surface area contributed by atoms with Crippen LogP contribution in [0.2, 0.25) is 5.02 Å². The zero-order chi connectivity index (χ0) is 10.9. The maximum Gasteiger partial charge on any atom is 0.229 e. The summed E-state index contributed by atoms with van der Waals surface area (Å²) < 4.78 is 24.3. The van der Waals surface area contributed by atoms with Gasteiger partial charge in [0.15, 0.2) is 0 Å². The van der Waals surface area contributed by atoms with E-state index in [2.05, 4.69) is 4.72 Å². The van der Waals surface area contributed by atoms with Crippen molar-refractivity contribution in [2.24, 2.45) is 0 Å². The Morgan fingerprint density at radius 2 is 1.86 bits per heavy atom. The van der Waals surface area contributed by atoms with Crippen molar-refractivity contribution in [1.29, 1.82) is 0 Å². The Bertz CT molecular complexity index is 431. The van der Waals surface area contributed by atoms with Gasteiger partial charge in [-0.25, -0.2) is 8.42 Å². The molecule has 1 aromatic carbocycles. The summed E-state index contributed by atoms with van der Waals surface area (Å²) >= 11 is 5.91. The Morgan fingerprint density at radius 3 is 2.29 bits per heavy atom. The van der Waals surface area contributed by atoms with Crippen molar-refractivity contribution in [2.75, 3.05) is 11.0 Å². The second-order valence-electron chi connectivity index (χ2n) is 3.27. The Balaban J connectivity index is 3.14. The van der Waals surface area contributed by atoms with Gasteiger partial charge in [0.25, 0.3) is 0 Å². The molecule has 0 atom stereocenters. The van der Waals surface area contributed by atoms with Crippen LogP contribution >= 0.6 is 11.6 Å². The van der Waals surface area contributed by atoms with E-state index < -0.39 is 10.0 Å². The fraction of sp³-hybridized carbons (Fsp3) is 0.333. The number of benzene rings is 1. The smallest absolute Gasteiger partial charge is 0.229 e. The first-order valence-electron chi connectivity index (χ1n) is 4.04. The first-order chi connectivity index (χ1) is 6.29. The number of rotatable bonds is 2. The molecule has 14 heavy (non-hydrogen) atoms. The summed E-state index contributed by atoms with van der Waals surface area (Å²) in [5.41, 5.74) is 2.43. The lowest BCUT2D eigenvalue weighted by molar-refractivity contribution is 0.607. The van der Waals surface area contributed by atoms with Gasteiger partial charge in [0.2, 0.25) is 10.0 Å². The fourth-order valence-corrected chi connectivity index (χ4v) is 1.90. The van der Waals surface area contributed by atoms with Crippen molar-refractivity contribution in [3.8, 4) is 0 Å². The third kappa shape index (κ3) is 2.89. The summed E-state index contributed by atoms with van der Waals surface area (Å²) in [7, 11) is -3.23. The van der Waals surface area contributed by atoms with Crippen LogP contribution in [0.15, 0.2) is 12.1 Å². The van der Waals surface area contributed by atoms with E-state index in [0.29, 0.717) is 10.7 Å². The van der Waals surface area contributed by atoms with Crippen molar-refractivity contribution in [3.63, 3.8) is 0 Å². The van der Waals surface area contributed by atoms with E-state index in [1.165, 1.54) is 0 Å². The minimum absolute atomic E-state index is 0.501. The lowest BCUT2D eigenvalue weighted by Crippen LogP contribution is -2.09. The van der Waals surface area contributed by atoms with Crippen molar-refractivity contribution in [2.45, 2.75) is 13.8 Å². The number of hydrogen-bond donors (Lipinski definition) is 1. The highest BCUT2D eigenvalue weighted by Crippen LogP contribution is 2.24. The van der Waals surface area contributed by atoms with Gasteiger partial charge >= 0.3 is 0 Å². The number of sulfonamides is 1. The zero-order valence-corrected chi connectivity index (χ0v) is 9.83. The molecular weight excluding hydrogens is 222 g/mol. The van der Waals surface area contributed by atoms with Gasteiger partial charge in [-0.15, -0.1) is 0 Å². The van der Waals surface area contributed by atoms with Crippen LogP contribution in [0.4, 0.5) is 5.69 Å². The summed E-state index contributed by atoms with van der Waals surface area (Å²) in [4.78, 5) is 0. The van der Waals surface area contributed by atoms with Crippen LogP contribution in [0, 0.1) is 13.8 Å². The Morgan fingerprint density at radius 1 is 1.29 bits per heavy atom. The number of aryl methyl sites for hydroxylation is 1. The molecule has 0 fully saturated rings. The molecule has 3 nitrogen and oxygen atoms in total. The molecule has 0 saturated heterocycles. The maximum absolute atomic E-state index is 11.0. The molecule has 0 amide bonds. The Hall–Kier alpha value is -0.740. The van der Waals surface area contributed by atoms with Gasteiger partial charge in [-0.1, -0.05) is 11.6 Å². The van der Waals surface area contributed by atoms with Gasteiger partial charge in [0, 0.05) is 5.02 Å². The van der Waals surface area contributed by atoms with E-state index in [-0.39, 0.29) is 0 Å². The van der Waals surface area contributed by atoms with Crippen LogP contribution in [0.25, 0.3) is 0 Å². The summed E-state index contributed by atoms with van der Waals surface area (Å²) in [5, 5.41) is 0.566. The summed E-state index contributed by atoms with van der Waals surface area (Å²) in [6, 6.07) is 3.35. The van der Waals surface area contributed by atoms with Gasteiger partial charge in [-0.3, -0.25) is 4.72 Å². The molecule has 0 heterocycles. The molecule has 0 bridgehead atoms. The van der Waals surface area contributed by atoms with Gasteiger partial charge in [-0.05, 0) is 37.1 Å². The van der Waals surface area contributed by atoms with E-state index in [4.69, 9.17) is 11.6 Å². The van der Waals surface area contributed by atoms with Gasteiger partial charge in [0.05, 0.1) is 11.9 Å². The number of halogens is 1. The van der Waals surface area contributed by atoms with E-state index in [0.717, 1.165) is 17.4 Å². The molecule has 1 aromatic rings. The van der Waals surface area contributed by atoms with Crippen molar-refractivity contribution in [3.05, 3.63) is 28.3 Å². The van der Waals surface area contributed by atoms with Crippen LogP contribution in [0.3, 0.4) is 0 Å². The highest BCUT2D eigenvalue weighted by Gasteiger charge is 2.05. The maximum atomic E-state index is 11.0. The monoisotopic (exact) mass is 233 g/mol. The average molecular weight is 234 g/mol. The molecule has 0 aliphatic carbocycles. The molecular formula is C9H12ClNO2S. The third-order valence-electron chi connectivity index (χ3n) is 1.91. The summed E-state index contributed by atoms with van der Waals surface area (Å²) in [6.45, 7) is 3.77. The molecule has 5 heteroatoms. The van der Waals surface area contributed by atoms with Gasteiger partial charge in [-0.2, -0.15) is 0 Å². The van der Waals surface area contributed by atoms with Crippen molar-refractivity contribution in [1.82, 2.24) is 0 Å². The minimum Gasteiger partial charge on any atom is -0.284 e. The second-order valence-corrected chi connectivity index (χ2v) is 5.43. The topological polar surface area (TPSA) is 46.2 Å². The third-order valence-corrected chi connectivity index (χ3v) is 2.91. The SMILES string of the molecule is Cc1cc(NS(C)(=O)=O)cc(Cl)c1C. The number of hydrogen-bond acceptors (Lipinski definition) is 2. The minimum atomic E-state index is -3.23. The Kier molecular flexibility index (Phi) is 3.07. The molecule has 1 N–H and O–H groups in total. The largest absolute Gasteiger partial charge is 0.284 e. The molecule has 0 spiro atoms. The molecule has 0 aliphatic heterocycles. The number of anilines is 1. The molecule has 1 rings (SSSR count). The summed E-state index contributed by atoms with van der Waals surface area (Å²) in [6.07, 6.45) is 1.11. The second kappa shape index (κ2) is 3.79. The molecule has 0 saturated carbocycles. The predicted octanol–water partition coefficient (Wildman–Crippen LogP) is 2.33. The molecule has 78 valence electrons. The summed E-state index contributed by atoms with van der Waals surface area (Å²) in [5.74, 6) is 0. The fourth-order valence-electron chi connectivity index (χ4n) is 1.09. The highest BCUT2D eigenvalue weighted by atomic mass is 35.5. The van der Waals surface area contributed by atoms with E-state index >= 15 is 0 Å². The quantitative estimate of drug-likeness (QED) is 0.852. The van der Waals surface area contributed by atoms with Crippen LogP contribution in [0.5, 0.6) is 0 Å². The van der Waals surface area contributed by atoms with E-state index in [9.17, 15) is 8.42 Å². The van der Waals surface area contributed by atoms with Gasteiger partial charge < -0.3 is 0 Å². The first kappa shape index (κ1) is 11.3. The van der Waals surface area contributed by atoms with E-state index in [1.54, 1.807) is 12.1 Å².